The first-order valence-corrected chi connectivity index (χ1v) is 7.79. The van der Waals surface area contributed by atoms with Crippen LogP contribution in [-0.2, 0) is 9.47 Å². The summed E-state index contributed by atoms with van der Waals surface area (Å²) < 4.78 is 9.97. The van der Waals surface area contributed by atoms with Gasteiger partial charge in [-0.05, 0) is 62.1 Å². The summed E-state index contributed by atoms with van der Waals surface area (Å²) in [6.07, 6.45) is 0. The normalized spacial score (nSPS) is 10.4. The fraction of sp³-hybridized carbons (Fsp3) is 0.263. The molecule has 0 amide bonds. The van der Waals surface area contributed by atoms with E-state index in [-0.39, 0.29) is 11.1 Å². The van der Waals surface area contributed by atoms with Crippen LogP contribution in [-0.4, -0.2) is 18.7 Å². The molecule has 2 rings (SSSR count). The molecule has 2 aromatic rings. The van der Waals surface area contributed by atoms with Crippen molar-refractivity contribution in [1.82, 2.24) is 0 Å². The van der Waals surface area contributed by atoms with Crippen molar-refractivity contribution in [3.63, 3.8) is 0 Å². The van der Waals surface area contributed by atoms with Crippen LogP contribution in [0.2, 0.25) is 0 Å². The summed E-state index contributed by atoms with van der Waals surface area (Å²) in [5.74, 6) is -1.30. The number of nitrogen functional groups attached to an aromatic ring is 2. The number of rotatable bonds is 4. The van der Waals surface area contributed by atoms with Crippen molar-refractivity contribution >= 4 is 23.3 Å². The van der Waals surface area contributed by atoms with Gasteiger partial charge in [-0.25, -0.2) is 9.59 Å². The average molecular weight is 342 g/mol. The summed E-state index contributed by atoms with van der Waals surface area (Å²) in [5, 5.41) is 0. The van der Waals surface area contributed by atoms with Crippen molar-refractivity contribution < 1.29 is 19.1 Å². The highest BCUT2D eigenvalue weighted by Crippen LogP contribution is 2.22. The Kier molecular flexibility index (Phi) is 5.32. The number of carbonyl (C=O) groups is 2. The molecule has 0 saturated carbocycles. The molecule has 0 radical (unpaired) electrons. The fourth-order valence-electron chi connectivity index (χ4n) is 2.32. The highest BCUT2D eigenvalue weighted by atomic mass is 16.7. The van der Waals surface area contributed by atoms with E-state index >= 15 is 0 Å². The van der Waals surface area contributed by atoms with Gasteiger partial charge in [0.25, 0.3) is 0 Å². The van der Waals surface area contributed by atoms with Gasteiger partial charge in [-0.1, -0.05) is 12.1 Å². The minimum atomic E-state index is -0.651. The predicted molar refractivity (Wildman–Crippen MR) is 96.4 cm³/mol. The Bertz CT molecular complexity index is 774. The molecule has 4 N–H and O–H groups in total. The SMILES string of the molecule is Cc1ccc(C(=O)OCOC(=O)c2ccc(C)c(C)c2N)c(N)c1C. The Hall–Kier alpha value is -3.02. The first-order valence-electron chi connectivity index (χ1n) is 7.79. The molecule has 0 aliphatic carbocycles. The highest BCUT2D eigenvalue weighted by molar-refractivity contribution is 5.97. The minimum absolute atomic E-state index is 0.241. The molecule has 132 valence electrons. The number of carbonyl (C=O) groups excluding carboxylic acids is 2. The lowest BCUT2D eigenvalue weighted by molar-refractivity contribution is -0.0165. The van der Waals surface area contributed by atoms with Gasteiger partial charge in [-0.3, -0.25) is 0 Å². The maximum Gasteiger partial charge on any atom is 0.343 e. The van der Waals surface area contributed by atoms with E-state index < -0.39 is 18.7 Å². The van der Waals surface area contributed by atoms with Crippen LogP contribution >= 0.6 is 0 Å². The minimum Gasteiger partial charge on any atom is -0.424 e. The summed E-state index contributed by atoms with van der Waals surface area (Å²) in [7, 11) is 0. The molecular formula is C19H22N2O4. The molecule has 6 heteroatoms. The molecule has 0 aliphatic rings. The van der Waals surface area contributed by atoms with Gasteiger partial charge in [-0.2, -0.15) is 0 Å². The van der Waals surface area contributed by atoms with Crippen LogP contribution in [0.1, 0.15) is 43.0 Å². The first-order chi connectivity index (χ1) is 11.7. The number of hydrogen-bond acceptors (Lipinski definition) is 6. The average Bonchev–Trinajstić information content (AvgIpc) is 2.57. The van der Waals surface area contributed by atoms with Crippen molar-refractivity contribution in [3.8, 4) is 0 Å². The van der Waals surface area contributed by atoms with Gasteiger partial charge in [0.1, 0.15) is 0 Å². The number of hydrogen-bond donors (Lipinski definition) is 2. The molecule has 0 aliphatic heterocycles. The molecule has 0 atom stereocenters. The molecule has 6 nitrogen and oxygen atoms in total. The maximum atomic E-state index is 12.1. The quantitative estimate of drug-likeness (QED) is 0.503. The van der Waals surface area contributed by atoms with Gasteiger partial charge < -0.3 is 20.9 Å². The lowest BCUT2D eigenvalue weighted by Crippen LogP contribution is -2.16. The standard InChI is InChI=1S/C19H22N2O4/c1-10-5-7-14(16(20)12(10)3)18(22)24-9-25-19(23)15-8-6-11(2)13(4)17(15)21/h5-8H,9,20-21H2,1-4H3. The predicted octanol–water partition coefficient (Wildman–Crippen LogP) is 3.06. The highest BCUT2D eigenvalue weighted by Gasteiger charge is 2.17. The number of benzene rings is 2. The van der Waals surface area contributed by atoms with Gasteiger partial charge >= 0.3 is 11.9 Å². The van der Waals surface area contributed by atoms with E-state index in [0.29, 0.717) is 11.4 Å². The molecule has 0 saturated heterocycles. The number of esters is 2. The van der Waals surface area contributed by atoms with Crippen molar-refractivity contribution in [3.05, 3.63) is 57.6 Å². The van der Waals surface area contributed by atoms with E-state index in [9.17, 15) is 9.59 Å². The second-order valence-corrected chi connectivity index (χ2v) is 5.92. The van der Waals surface area contributed by atoms with E-state index in [1.165, 1.54) is 0 Å². The van der Waals surface area contributed by atoms with Crippen LogP contribution in [0.3, 0.4) is 0 Å². The van der Waals surface area contributed by atoms with E-state index in [1.807, 2.05) is 27.7 Å². The second kappa shape index (κ2) is 7.25. The van der Waals surface area contributed by atoms with Crippen molar-refractivity contribution in [2.24, 2.45) is 0 Å². The van der Waals surface area contributed by atoms with E-state index in [4.69, 9.17) is 20.9 Å². The van der Waals surface area contributed by atoms with Gasteiger partial charge in [0.15, 0.2) is 0 Å². The molecule has 0 aromatic heterocycles. The molecule has 25 heavy (non-hydrogen) atoms. The van der Waals surface area contributed by atoms with Crippen LogP contribution in [0.15, 0.2) is 24.3 Å². The van der Waals surface area contributed by atoms with Gasteiger partial charge in [0.2, 0.25) is 6.79 Å². The third-order valence-electron chi connectivity index (χ3n) is 4.39. The Morgan fingerprint density at radius 1 is 0.760 bits per heavy atom. The summed E-state index contributed by atoms with van der Waals surface area (Å²) >= 11 is 0. The van der Waals surface area contributed by atoms with E-state index in [2.05, 4.69) is 0 Å². The molecule has 0 fully saturated rings. The smallest absolute Gasteiger partial charge is 0.343 e. The number of anilines is 2. The van der Waals surface area contributed by atoms with Crippen molar-refractivity contribution in [1.29, 1.82) is 0 Å². The Balaban J connectivity index is 2.01. The topological polar surface area (TPSA) is 105 Å². The molecule has 2 aromatic carbocycles. The maximum absolute atomic E-state index is 12.1. The summed E-state index contributed by atoms with van der Waals surface area (Å²) in [4.78, 5) is 24.2. The molecule has 0 spiro atoms. The zero-order chi connectivity index (χ0) is 18.7. The van der Waals surface area contributed by atoms with E-state index in [1.54, 1.807) is 24.3 Å². The monoisotopic (exact) mass is 342 g/mol. The first kappa shape index (κ1) is 18.3. The molecule has 0 unspecified atom stereocenters. The van der Waals surface area contributed by atoms with Crippen molar-refractivity contribution in [2.45, 2.75) is 27.7 Å². The number of ether oxygens (including phenoxy) is 2. The fourth-order valence-corrected chi connectivity index (χ4v) is 2.32. The van der Waals surface area contributed by atoms with E-state index in [0.717, 1.165) is 22.3 Å². The van der Waals surface area contributed by atoms with Gasteiger partial charge in [0.05, 0.1) is 11.1 Å². The van der Waals surface area contributed by atoms with Crippen molar-refractivity contribution in [2.75, 3.05) is 18.3 Å². The Labute approximate surface area is 146 Å². The van der Waals surface area contributed by atoms with Crippen LogP contribution in [0.5, 0.6) is 0 Å². The lowest BCUT2D eigenvalue weighted by atomic mass is 10.0. The zero-order valence-electron chi connectivity index (χ0n) is 14.8. The van der Waals surface area contributed by atoms with Gasteiger partial charge in [-0.15, -0.1) is 0 Å². The summed E-state index contributed by atoms with van der Waals surface area (Å²) in [5.41, 5.74) is 16.6. The number of aryl methyl sites for hydroxylation is 2. The van der Waals surface area contributed by atoms with Crippen LogP contribution in [0, 0.1) is 27.7 Å². The third kappa shape index (κ3) is 3.74. The third-order valence-corrected chi connectivity index (χ3v) is 4.39. The Morgan fingerprint density at radius 2 is 1.12 bits per heavy atom. The van der Waals surface area contributed by atoms with Gasteiger partial charge in [0, 0.05) is 11.4 Å². The van der Waals surface area contributed by atoms with Crippen LogP contribution < -0.4 is 11.5 Å². The summed E-state index contributed by atoms with van der Waals surface area (Å²) in [6.45, 7) is 6.93. The summed E-state index contributed by atoms with van der Waals surface area (Å²) in [6, 6.07) is 6.74. The van der Waals surface area contributed by atoms with Crippen LogP contribution in [0.25, 0.3) is 0 Å². The zero-order valence-corrected chi connectivity index (χ0v) is 14.8. The lowest BCUT2D eigenvalue weighted by Gasteiger charge is -2.12. The Morgan fingerprint density at radius 3 is 1.48 bits per heavy atom. The molecule has 0 bridgehead atoms. The largest absolute Gasteiger partial charge is 0.424 e. The second-order valence-electron chi connectivity index (χ2n) is 5.92. The van der Waals surface area contributed by atoms with Crippen LogP contribution in [0.4, 0.5) is 11.4 Å². The molecule has 0 heterocycles. The number of nitrogens with two attached hydrogens (primary N) is 2. The molecular weight excluding hydrogens is 320 g/mol.